The van der Waals surface area contributed by atoms with Crippen molar-refractivity contribution in [3.05, 3.63) is 158 Å². The van der Waals surface area contributed by atoms with E-state index < -0.39 is 12.1 Å². The Labute approximate surface area is 422 Å². The van der Waals surface area contributed by atoms with Crippen molar-refractivity contribution in [3.63, 3.8) is 0 Å². The maximum absolute atomic E-state index is 12.8. The topological polar surface area (TPSA) is 78.9 Å². The van der Waals surface area contributed by atoms with Gasteiger partial charge in [0, 0.05) is 19.3 Å². The smallest absolute Gasteiger partial charge is 0.306 e. The van der Waals surface area contributed by atoms with Crippen LogP contribution in [0.4, 0.5) is 0 Å². The highest BCUT2D eigenvalue weighted by atomic mass is 16.6. The molecule has 0 saturated carbocycles. The molecule has 0 heterocycles. The number of ether oxygens (including phenoxy) is 3. The summed E-state index contributed by atoms with van der Waals surface area (Å²) in [4.78, 5) is 38.0. The maximum Gasteiger partial charge on any atom is 0.306 e. The number of esters is 3. The minimum atomic E-state index is -0.851. The summed E-state index contributed by atoms with van der Waals surface area (Å²) in [6.07, 6.45) is 81.0. The van der Waals surface area contributed by atoms with Crippen LogP contribution in [0, 0.1) is 0 Å². The van der Waals surface area contributed by atoms with Crippen molar-refractivity contribution >= 4 is 17.9 Å². The first kappa shape index (κ1) is 64.0. The van der Waals surface area contributed by atoms with E-state index in [0.29, 0.717) is 19.3 Å². The molecule has 0 radical (unpaired) electrons. The molecule has 0 aromatic carbocycles. The Balaban J connectivity index is 4.65. The molecule has 69 heavy (non-hydrogen) atoms. The van der Waals surface area contributed by atoms with E-state index in [1.165, 1.54) is 32.1 Å². The first-order chi connectivity index (χ1) is 34.0. The van der Waals surface area contributed by atoms with Gasteiger partial charge in [-0.05, 0) is 122 Å². The Morgan fingerprint density at radius 1 is 0.319 bits per heavy atom. The lowest BCUT2D eigenvalue weighted by Gasteiger charge is -2.18. The van der Waals surface area contributed by atoms with Crippen molar-refractivity contribution in [2.45, 2.75) is 207 Å². The van der Waals surface area contributed by atoms with Crippen LogP contribution in [-0.4, -0.2) is 37.2 Å². The summed E-state index contributed by atoms with van der Waals surface area (Å²) in [5.74, 6) is -1.11. The van der Waals surface area contributed by atoms with Gasteiger partial charge in [0.25, 0.3) is 0 Å². The normalized spacial score (nSPS) is 13.4. The van der Waals surface area contributed by atoms with Gasteiger partial charge in [0.2, 0.25) is 0 Å². The highest BCUT2D eigenvalue weighted by molar-refractivity contribution is 5.71. The van der Waals surface area contributed by atoms with Gasteiger partial charge in [0.05, 0.1) is 0 Å². The zero-order valence-corrected chi connectivity index (χ0v) is 43.8. The van der Waals surface area contributed by atoms with Crippen molar-refractivity contribution in [2.75, 3.05) is 13.2 Å². The van der Waals surface area contributed by atoms with Gasteiger partial charge in [-0.2, -0.15) is 0 Å². The zero-order valence-electron chi connectivity index (χ0n) is 43.8. The lowest BCUT2D eigenvalue weighted by Crippen LogP contribution is -2.30. The van der Waals surface area contributed by atoms with Gasteiger partial charge < -0.3 is 14.2 Å². The minimum absolute atomic E-state index is 0.138. The van der Waals surface area contributed by atoms with Gasteiger partial charge in [-0.3, -0.25) is 14.4 Å². The molecule has 384 valence electrons. The van der Waals surface area contributed by atoms with Gasteiger partial charge in [0.15, 0.2) is 6.10 Å². The predicted octanol–water partition coefficient (Wildman–Crippen LogP) is 18.2. The third-order valence-electron chi connectivity index (χ3n) is 10.5. The Morgan fingerprint density at radius 3 is 1.09 bits per heavy atom. The van der Waals surface area contributed by atoms with E-state index in [1.54, 1.807) is 0 Å². The number of rotatable bonds is 46. The van der Waals surface area contributed by atoms with Gasteiger partial charge >= 0.3 is 17.9 Å². The number of carbonyl (C=O) groups is 3. The van der Waals surface area contributed by atoms with E-state index in [-0.39, 0.29) is 38.0 Å². The molecular weight excluding hydrogens is 853 g/mol. The molecule has 0 fully saturated rings. The fourth-order valence-electron chi connectivity index (χ4n) is 6.55. The Kier molecular flexibility index (Phi) is 51.6. The molecule has 0 bridgehead atoms. The number of unbranched alkanes of at least 4 members (excludes halogenated alkanes) is 10. The third-order valence-corrected chi connectivity index (χ3v) is 10.5. The molecule has 0 aliphatic heterocycles. The van der Waals surface area contributed by atoms with Crippen molar-refractivity contribution < 1.29 is 28.6 Å². The van der Waals surface area contributed by atoms with Gasteiger partial charge in [0.1, 0.15) is 13.2 Å². The second-order valence-corrected chi connectivity index (χ2v) is 17.0. The Hall–Kier alpha value is -4.97. The van der Waals surface area contributed by atoms with E-state index >= 15 is 0 Å². The van der Waals surface area contributed by atoms with E-state index in [9.17, 15) is 14.4 Å². The SMILES string of the molecule is CC/C=C\C/C=C\C/C=C\C/C=C\C/C=C\C/C=C\CCC(=O)OCC(COC(=O)CCCCCCCC/C=C\C=C/CCCCC)OC(=O)CCC/C=C\C/C=C\C/C=C\C/C=C\C/C=C\CC. The summed E-state index contributed by atoms with van der Waals surface area (Å²) in [6.45, 7) is 6.23. The van der Waals surface area contributed by atoms with E-state index in [0.717, 1.165) is 116 Å². The molecule has 0 N–H and O–H groups in total. The van der Waals surface area contributed by atoms with Crippen LogP contribution in [0.3, 0.4) is 0 Å². The number of allylic oxidation sites excluding steroid dienone is 26. The van der Waals surface area contributed by atoms with Crippen molar-refractivity contribution in [1.82, 2.24) is 0 Å². The lowest BCUT2D eigenvalue weighted by atomic mass is 10.1. The molecule has 0 aliphatic rings. The van der Waals surface area contributed by atoms with Crippen LogP contribution in [0.2, 0.25) is 0 Å². The highest BCUT2D eigenvalue weighted by Gasteiger charge is 2.19. The summed E-state index contributed by atoms with van der Waals surface area (Å²) < 4.78 is 16.7. The monoisotopic (exact) mass is 949 g/mol. The lowest BCUT2D eigenvalue weighted by molar-refractivity contribution is -0.166. The molecule has 0 aromatic rings. The molecule has 0 rings (SSSR count). The van der Waals surface area contributed by atoms with Gasteiger partial charge in [-0.15, -0.1) is 0 Å². The first-order valence-electron chi connectivity index (χ1n) is 27.0. The maximum atomic E-state index is 12.8. The molecule has 1 unspecified atom stereocenters. The third kappa shape index (κ3) is 53.8. The first-order valence-corrected chi connectivity index (χ1v) is 27.0. The number of carbonyl (C=O) groups excluding carboxylic acids is 3. The molecule has 0 aromatic heterocycles. The van der Waals surface area contributed by atoms with Crippen molar-refractivity contribution in [1.29, 1.82) is 0 Å². The zero-order chi connectivity index (χ0) is 50.0. The fourth-order valence-corrected chi connectivity index (χ4v) is 6.55. The van der Waals surface area contributed by atoms with Crippen LogP contribution in [-0.2, 0) is 28.6 Å². The largest absolute Gasteiger partial charge is 0.462 e. The molecular formula is C63H96O6. The van der Waals surface area contributed by atoms with E-state index in [1.807, 2.05) is 12.2 Å². The van der Waals surface area contributed by atoms with Crippen molar-refractivity contribution in [2.24, 2.45) is 0 Å². The molecule has 0 amide bonds. The Bertz CT molecular complexity index is 1610. The van der Waals surface area contributed by atoms with Crippen LogP contribution in [0.15, 0.2) is 158 Å². The molecule has 6 heteroatoms. The molecule has 0 saturated heterocycles. The van der Waals surface area contributed by atoms with Gasteiger partial charge in [-0.25, -0.2) is 0 Å². The number of hydrogen-bond acceptors (Lipinski definition) is 6. The molecule has 6 nitrogen and oxygen atoms in total. The summed E-state index contributed by atoms with van der Waals surface area (Å²) >= 11 is 0. The standard InChI is InChI=1S/C63H96O6/c1-4-7-10-13-16-19-22-25-28-30-31-33-35-38-41-44-47-50-53-56-62(65)68-59-60(58-67-61(64)55-52-49-46-43-40-37-34-27-24-21-18-15-12-9-6-3)69-63(66)57-54-51-48-45-42-39-36-32-29-26-23-20-17-14-11-8-5-2/h7-8,10-11,16-21,24-29,31,33,36,38-39,41,45,47-48,50,60H,4-6,9,12-15,22-23,30,32,34-35,37,40,42-44,46,49,51-59H2,1-3H3/b10-7-,11-8-,19-16-,20-17-,21-18-,27-24-,28-25-,29-26-,33-31-,39-36-,41-38-,48-45-,50-47-. The molecule has 0 aliphatic carbocycles. The average molecular weight is 949 g/mol. The van der Waals surface area contributed by atoms with Crippen LogP contribution < -0.4 is 0 Å². The molecule has 0 spiro atoms. The fraction of sp³-hybridized carbons (Fsp3) is 0.540. The summed E-state index contributed by atoms with van der Waals surface area (Å²) in [5, 5.41) is 0. The second-order valence-electron chi connectivity index (χ2n) is 17.0. The van der Waals surface area contributed by atoms with Crippen LogP contribution in [0.25, 0.3) is 0 Å². The average Bonchev–Trinajstić information content (AvgIpc) is 3.35. The van der Waals surface area contributed by atoms with Crippen LogP contribution in [0.1, 0.15) is 201 Å². The van der Waals surface area contributed by atoms with Crippen LogP contribution >= 0.6 is 0 Å². The van der Waals surface area contributed by atoms with E-state index in [4.69, 9.17) is 14.2 Å². The quantitative estimate of drug-likeness (QED) is 0.0199. The van der Waals surface area contributed by atoms with Crippen molar-refractivity contribution in [3.8, 4) is 0 Å². The second kappa shape index (κ2) is 55.6. The highest BCUT2D eigenvalue weighted by Crippen LogP contribution is 2.11. The van der Waals surface area contributed by atoms with Gasteiger partial charge in [-0.1, -0.05) is 217 Å². The number of hydrogen-bond donors (Lipinski definition) is 0. The summed E-state index contributed by atoms with van der Waals surface area (Å²) in [5.41, 5.74) is 0. The predicted molar refractivity (Wildman–Crippen MR) is 297 cm³/mol. The van der Waals surface area contributed by atoms with Crippen LogP contribution in [0.5, 0.6) is 0 Å². The molecule has 1 atom stereocenters. The van der Waals surface area contributed by atoms with E-state index in [2.05, 4.69) is 167 Å². The summed E-state index contributed by atoms with van der Waals surface area (Å²) in [7, 11) is 0. The summed E-state index contributed by atoms with van der Waals surface area (Å²) in [6, 6.07) is 0. The minimum Gasteiger partial charge on any atom is -0.462 e. The Morgan fingerprint density at radius 2 is 0.652 bits per heavy atom.